The van der Waals surface area contributed by atoms with Crippen LogP contribution in [0.25, 0.3) is 11.3 Å². The van der Waals surface area contributed by atoms with E-state index in [4.69, 9.17) is 24.8 Å². The summed E-state index contributed by atoms with van der Waals surface area (Å²) in [4.78, 5) is 13.1. The van der Waals surface area contributed by atoms with Gasteiger partial charge in [-0.25, -0.2) is 0 Å². The topological polar surface area (TPSA) is 111 Å². The third kappa shape index (κ3) is 8.28. The van der Waals surface area contributed by atoms with Crippen molar-refractivity contribution in [3.05, 3.63) is 34.5 Å². The number of nitrogens with one attached hydrogen (secondary N) is 1. The minimum atomic E-state index is -4.29. The van der Waals surface area contributed by atoms with Crippen molar-refractivity contribution in [2.45, 2.75) is 65.6 Å². The fraction of sp³-hybridized carbons (Fsp3) is 0.615. The monoisotopic (exact) mass is 593 g/mol. The average molecular weight is 594 g/mol. The van der Waals surface area contributed by atoms with Crippen LogP contribution in [0.3, 0.4) is 0 Å². The lowest BCUT2D eigenvalue weighted by atomic mass is 9.71. The van der Waals surface area contributed by atoms with Gasteiger partial charge in [-0.3, -0.25) is 9.48 Å². The second-order valence-corrected chi connectivity index (χ2v) is 10.6. The van der Waals surface area contributed by atoms with Crippen LogP contribution in [-0.2, 0) is 24.5 Å². The molecule has 1 aliphatic rings. The number of rotatable bonds is 9. The Morgan fingerprint density at radius 2 is 1.95 bits per heavy atom. The zero-order valence-electron chi connectivity index (χ0n) is 22.4. The third-order valence-electron chi connectivity index (χ3n) is 7.33. The minimum absolute atomic E-state index is 0.00111. The molecule has 1 heterocycles. The van der Waals surface area contributed by atoms with Crippen molar-refractivity contribution in [2.24, 2.45) is 17.3 Å². The van der Waals surface area contributed by atoms with Crippen LogP contribution in [0, 0.1) is 17.3 Å². The highest BCUT2D eigenvalue weighted by molar-refractivity contribution is 7.51. The second kappa shape index (κ2) is 14.3. The lowest BCUT2D eigenvalue weighted by Gasteiger charge is -2.38. The largest absolute Gasteiger partial charge is 0.496 e. The molecule has 2 N–H and O–H groups in total. The quantitative estimate of drug-likeness (QED) is 0.412. The first kappa shape index (κ1) is 32.8. The molecule has 1 fully saturated rings. The Labute approximate surface area is 234 Å². The van der Waals surface area contributed by atoms with E-state index in [1.165, 1.54) is 7.11 Å². The van der Waals surface area contributed by atoms with Crippen LogP contribution >= 0.6 is 11.6 Å². The zero-order chi connectivity index (χ0) is 29.4. The van der Waals surface area contributed by atoms with Gasteiger partial charge >= 0.3 is 17.7 Å². The average Bonchev–Trinajstić information content (AvgIpc) is 3.24. The summed E-state index contributed by atoms with van der Waals surface area (Å²) >= 11 is 5.91. The molecule has 2 aromatic rings. The summed E-state index contributed by atoms with van der Waals surface area (Å²) in [5.74, 6) is -0.978. The summed E-state index contributed by atoms with van der Waals surface area (Å²) in [6, 6.07) is 4.83. The van der Waals surface area contributed by atoms with E-state index in [1.54, 1.807) is 22.9 Å². The molecule has 13 heteroatoms. The highest BCUT2D eigenvalue weighted by atomic mass is 35.5. The molecule has 1 aliphatic carbocycles. The molecule has 0 aliphatic heterocycles. The predicted octanol–water partition coefficient (Wildman–Crippen LogP) is 5.22. The van der Waals surface area contributed by atoms with Gasteiger partial charge in [-0.05, 0) is 49.8 Å². The molecule has 0 saturated heterocycles. The Balaban J connectivity index is 0.00000170. The number of aliphatic hydroxyl groups excluding tert-OH is 1. The summed E-state index contributed by atoms with van der Waals surface area (Å²) in [7, 11) is 1.43. The highest BCUT2D eigenvalue weighted by Crippen LogP contribution is 2.40. The summed E-state index contributed by atoms with van der Waals surface area (Å²) in [6.45, 7) is 5.93. The minimum Gasteiger partial charge on any atom is -0.496 e. The van der Waals surface area contributed by atoms with E-state index in [-0.39, 0.29) is 29.2 Å². The number of carbonyl (C=O) groups excluding carboxylic acids is 1. The third-order valence-corrected chi connectivity index (χ3v) is 7.68. The Kier molecular flexibility index (Phi) is 12.0. The van der Waals surface area contributed by atoms with Crippen molar-refractivity contribution >= 4 is 29.1 Å². The fourth-order valence-electron chi connectivity index (χ4n) is 4.72. The molecule has 0 radical (unpaired) electrons. The number of aromatic nitrogens is 2. The van der Waals surface area contributed by atoms with Gasteiger partial charge in [-0.1, -0.05) is 44.4 Å². The molecule has 1 saturated carbocycles. The summed E-state index contributed by atoms with van der Waals surface area (Å²) < 4.78 is 62.7. The number of aliphatic hydroxyl groups is 1. The van der Waals surface area contributed by atoms with Crippen LogP contribution in [0.15, 0.2) is 18.2 Å². The number of aryl methyl sites for hydroxylation is 1. The maximum atomic E-state index is 13.1. The van der Waals surface area contributed by atoms with E-state index in [0.717, 1.165) is 32.6 Å². The lowest BCUT2D eigenvalue weighted by molar-refractivity contribution is -0.169. The summed E-state index contributed by atoms with van der Waals surface area (Å²) in [5, 5.41) is 17.5. The standard InChI is InChI=1S/C26H35ClF3N3O3.O2S/c1-5-33-23(19-7-6-18(13-20(19)36-4)12-17(3)26(28,29)30)21(27)22(32-33)24(35)31-14-25(15-34)10-8-16(2)9-11-25;1-3-2/h6-7,13,16-17,34H,5,8-12,14-15H2,1-4H3,(H,31,35);. The molecule has 1 unspecified atom stereocenters. The van der Waals surface area contributed by atoms with Gasteiger partial charge in [0.15, 0.2) is 5.69 Å². The maximum Gasteiger partial charge on any atom is 0.391 e. The number of amides is 1. The Morgan fingerprint density at radius 1 is 1.33 bits per heavy atom. The van der Waals surface area contributed by atoms with Crippen LogP contribution in [0.4, 0.5) is 13.2 Å². The predicted molar refractivity (Wildman–Crippen MR) is 142 cm³/mol. The first-order valence-electron chi connectivity index (χ1n) is 12.7. The van der Waals surface area contributed by atoms with Crippen LogP contribution < -0.4 is 10.1 Å². The molecule has 1 atom stereocenters. The second-order valence-electron chi connectivity index (χ2n) is 10.1. The number of ether oxygens (including phenoxy) is 1. The lowest BCUT2D eigenvalue weighted by Crippen LogP contribution is -2.42. The maximum absolute atomic E-state index is 13.1. The number of alkyl halides is 3. The van der Waals surface area contributed by atoms with E-state index >= 15 is 0 Å². The van der Waals surface area contributed by atoms with Crippen molar-refractivity contribution in [2.75, 3.05) is 20.3 Å². The SMILES string of the molecule is CCn1nc(C(=O)NCC2(CO)CCC(C)CC2)c(Cl)c1-c1ccc(CC(C)C(F)(F)F)cc1OC.O=S=O. The van der Waals surface area contributed by atoms with E-state index in [1.807, 2.05) is 6.92 Å². The molecular weight excluding hydrogens is 559 g/mol. The van der Waals surface area contributed by atoms with Gasteiger partial charge in [-0.2, -0.15) is 26.7 Å². The number of halogens is 4. The Bertz CT molecular complexity index is 1160. The Hall–Kier alpha value is -2.44. The zero-order valence-corrected chi connectivity index (χ0v) is 24.0. The number of hydrogen-bond donors (Lipinski definition) is 2. The molecule has 8 nitrogen and oxygen atoms in total. The number of benzene rings is 1. The van der Waals surface area contributed by atoms with E-state index in [0.29, 0.717) is 41.6 Å². The molecule has 1 amide bonds. The van der Waals surface area contributed by atoms with Crippen LogP contribution in [0.2, 0.25) is 5.02 Å². The van der Waals surface area contributed by atoms with Gasteiger partial charge in [0.2, 0.25) is 0 Å². The first-order chi connectivity index (χ1) is 18.4. The number of carbonyl (C=O) groups is 1. The molecule has 218 valence electrons. The van der Waals surface area contributed by atoms with Crippen molar-refractivity contribution in [1.82, 2.24) is 15.1 Å². The van der Waals surface area contributed by atoms with Crippen molar-refractivity contribution in [1.29, 1.82) is 0 Å². The Morgan fingerprint density at radius 3 is 2.46 bits per heavy atom. The molecule has 0 bridgehead atoms. The van der Waals surface area contributed by atoms with Crippen molar-refractivity contribution in [3.63, 3.8) is 0 Å². The summed E-state index contributed by atoms with van der Waals surface area (Å²) in [5.41, 5.74) is 1.18. The van der Waals surface area contributed by atoms with Crippen LogP contribution in [-0.4, -0.2) is 55.6 Å². The highest BCUT2D eigenvalue weighted by Gasteiger charge is 2.36. The van der Waals surface area contributed by atoms with Crippen LogP contribution in [0.1, 0.15) is 62.5 Å². The van der Waals surface area contributed by atoms with E-state index in [9.17, 15) is 23.1 Å². The van der Waals surface area contributed by atoms with Crippen LogP contribution in [0.5, 0.6) is 5.75 Å². The molecule has 39 heavy (non-hydrogen) atoms. The molecule has 1 aromatic heterocycles. The molecule has 1 aromatic carbocycles. The van der Waals surface area contributed by atoms with Gasteiger partial charge < -0.3 is 15.2 Å². The smallest absolute Gasteiger partial charge is 0.391 e. The normalized spacial score (nSPS) is 20.0. The molecule has 3 rings (SSSR count). The van der Waals surface area contributed by atoms with Gasteiger partial charge in [0.25, 0.3) is 5.91 Å². The van der Waals surface area contributed by atoms with Gasteiger partial charge in [0.05, 0.1) is 30.4 Å². The summed E-state index contributed by atoms with van der Waals surface area (Å²) in [6.07, 6.45) is -0.789. The number of nitrogens with zero attached hydrogens (tertiary/aromatic N) is 2. The van der Waals surface area contributed by atoms with Gasteiger partial charge in [-0.15, -0.1) is 0 Å². The van der Waals surface area contributed by atoms with Crippen molar-refractivity contribution < 1.29 is 36.2 Å². The van der Waals surface area contributed by atoms with E-state index < -0.39 is 29.6 Å². The number of methoxy groups -OCH3 is 1. The fourth-order valence-corrected chi connectivity index (χ4v) is 5.04. The number of hydrogen-bond acceptors (Lipinski definition) is 6. The van der Waals surface area contributed by atoms with Gasteiger partial charge in [0.1, 0.15) is 5.75 Å². The van der Waals surface area contributed by atoms with Crippen molar-refractivity contribution in [3.8, 4) is 17.0 Å². The van der Waals surface area contributed by atoms with Gasteiger partial charge in [0, 0.05) is 24.1 Å². The first-order valence-corrected chi connectivity index (χ1v) is 13.7. The molecule has 0 spiro atoms. The van der Waals surface area contributed by atoms with E-state index in [2.05, 4.69) is 17.3 Å². The molecular formula is C26H35ClF3N3O5S.